The van der Waals surface area contributed by atoms with Crippen LogP contribution in [0.25, 0.3) is 0 Å². The maximum atomic E-state index is 12.0. The molecule has 1 fully saturated rings. The summed E-state index contributed by atoms with van der Waals surface area (Å²) in [6.07, 6.45) is 3.08. The van der Waals surface area contributed by atoms with E-state index in [-0.39, 0.29) is 12.0 Å². The Hall–Kier alpha value is -1.55. The number of rotatable bonds is 4. The number of benzene rings is 1. The van der Waals surface area contributed by atoms with E-state index in [0.29, 0.717) is 13.2 Å². The number of carbonyl (C=O) groups excluding carboxylic acids is 1. The Morgan fingerprint density at radius 3 is 2.74 bits per heavy atom. The van der Waals surface area contributed by atoms with Crippen molar-refractivity contribution in [2.45, 2.75) is 38.8 Å². The van der Waals surface area contributed by atoms with Crippen molar-refractivity contribution in [2.75, 3.05) is 18.1 Å². The summed E-state index contributed by atoms with van der Waals surface area (Å²) in [6.45, 7) is 3.74. The highest BCUT2D eigenvalue weighted by Crippen LogP contribution is 2.25. The molecule has 0 spiro atoms. The zero-order valence-corrected chi connectivity index (χ0v) is 11.5. The summed E-state index contributed by atoms with van der Waals surface area (Å²) in [7, 11) is 0. The van der Waals surface area contributed by atoms with E-state index in [4.69, 9.17) is 10.5 Å². The first-order chi connectivity index (χ1) is 9.26. The molecule has 2 rings (SSSR count). The van der Waals surface area contributed by atoms with Gasteiger partial charge in [-0.3, -0.25) is 0 Å². The fraction of sp³-hybridized carbons (Fsp3) is 0.533. The van der Waals surface area contributed by atoms with Crippen LogP contribution in [0.4, 0.5) is 5.69 Å². The molecule has 1 unspecified atom stereocenters. The molecule has 1 aromatic carbocycles. The molecule has 0 bridgehead atoms. The molecule has 4 heteroatoms. The highest BCUT2D eigenvalue weighted by molar-refractivity contribution is 5.80. The second kappa shape index (κ2) is 6.57. The van der Waals surface area contributed by atoms with Crippen LogP contribution in [0.15, 0.2) is 24.3 Å². The number of carbonyl (C=O) groups is 1. The van der Waals surface area contributed by atoms with E-state index in [1.165, 1.54) is 0 Å². The first-order valence-electron chi connectivity index (χ1n) is 6.98. The number of hydrogen-bond acceptors (Lipinski definition) is 4. The minimum absolute atomic E-state index is 0.106. The van der Waals surface area contributed by atoms with Crippen LogP contribution in [0.1, 0.15) is 31.7 Å². The van der Waals surface area contributed by atoms with E-state index in [9.17, 15) is 4.79 Å². The Morgan fingerprint density at radius 2 is 2.11 bits per heavy atom. The predicted octanol–water partition coefficient (Wildman–Crippen LogP) is 2.07. The number of hydrogen-bond donors (Lipinski definition) is 1. The highest BCUT2D eigenvalue weighted by Gasteiger charge is 2.29. The zero-order valence-electron chi connectivity index (χ0n) is 11.5. The van der Waals surface area contributed by atoms with Crippen molar-refractivity contribution >= 4 is 11.7 Å². The molecule has 1 aromatic rings. The Kier molecular flexibility index (Phi) is 4.80. The Balaban J connectivity index is 2.15. The molecule has 19 heavy (non-hydrogen) atoms. The summed E-state index contributed by atoms with van der Waals surface area (Å²) in [5, 5.41) is 0. The van der Waals surface area contributed by atoms with E-state index < -0.39 is 0 Å². The number of anilines is 1. The van der Waals surface area contributed by atoms with Crippen molar-refractivity contribution in [1.82, 2.24) is 0 Å². The van der Waals surface area contributed by atoms with Gasteiger partial charge < -0.3 is 15.4 Å². The molecular weight excluding hydrogens is 240 g/mol. The fourth-order valence-corrected chi connectivity index (χ4v) is 2.55. The molecule has 1 heterocycles. The Morgan fingerprint density at radius 1 is 1.37 bits per heavy atom. The molecule has 1 aliphatic rings. The minimum Gasteiger partial charge on any atom is -0.464 e. The molecule has 1 atom stereocenters. The van der Waals surface area contributed by atoms with Gasteiger partial charge in [-0.25, -0.2) is 4.79 Å². The van der Waals surface area contributed by atoms with E-state index in [0.717, 1.165) is 37.1 Å². The fourth-order valence-electron chi connectivity index (χ4n) is 2.55. The lowest BCUT2D eigenvalue weighted by Gasteiger charge is -2.35. The third-order valence-corrected chi connectivity index (χ3v) is 3.57. The Bertz CT molecular complexity index is 417. The van der Waals surface area contributed by atoms with Gasteiger partial charge in [0.2, 0.25) is 0 Å². The van der Waals surface area contributed by atoms with Crippen molar-refractivity contribution < 1.29 is 9.53 Å². The molecule has 0 saturated carbocycles. The van der Waals surface area contributed by atoms with Gasteiger partial charge in [-0.15, -0.1) is 0 Å². The predicted molar refractivity (Wildman–Crippen MR) is 76.0 cm³/mol. The second-order valence-electron chi connectivity index (χ2n) is 4.83. The van der Waals surface area contributed by atoms with Crippen LogP contribution in [-0.4, -0.2) is 25.2 Å². The quantitative estimate of drug-likeness (QED) is 0.844. The van der Waals surface area contributed by atoms with Gasteiger partial charge in [-0.1, -0.05) is 12.1 Å². The smallest absolute Gasteiger partial charge is 0.328 e. The number of nitrogens with two attached hydrogens (primary N) is 1. The summed E-state index contributed by atoms with van der Waals surface area (Å²) in [4.78, 5) is 14.2. The number of nitrogens with zero attached hydrogens (tertiary/aromatic N) is 1. The standard InChI is InChI=1S/C15H22N2O2/c1-2-19-15(18)14-5-3-4-10-17(14)13-8-6-12(11-16)7-9-13/h6-9,14H,2-5,10-11,16H2,1H3. The molecule has 0 aromatic heterocycles. The number of piperidine rings is 1. The van der Waals surface area contributed by atoms with Crippen LogP contribution in [-0.2, 0) is 16.1 Å². The lowest BCUT2D eigenvalue weighted by Crippen LogP contribution is -2.45. The van der Waals surface area contributed by atoms with E-state index in [1.807, 2.05) is 31.2 Å². The van der Waals surface area contributed by atoms with E-state index in [2.05, 4.69) is 4.90 Å². The van der Waals surface area contributed by atoms with Gasteiger partial charge in [-0.05, 0) is 43.9 Å². The van der Waals surface area contributed by atoms with Crippen molar-refractivity contribution in [1.29, 1.82) is 0 Å². The van der Waals surface area contributed by atoms with Crippen molar-refractivity contribution in [3.63, 3.8) is 0 Å². The maximum absolute atomic E-state index is 12.0. The van der Waals surface area contributed by atoms with Gasteiger partial charge >= 0.3 is 5.97 Å². The molecule has 1 aliphatic heterocycles. The zero-order chi connectivity index (χ0) is 13.7. The summed E-state index contributed by atoms with van der Waals surface area (Å²) in [5.74, 6) is -0.106. The summed E-state index contributed by atoms with van der Waals surface area (Å²) < 4.78 is 5.18. The van der Waals surface area contributed by atoms with Crippen molar-refractivity contribution in [2.24, 2.45) is 5.73 Å². The van der Waals surface area contributed by atoms with Crippen LogP contribution in [0.2, 0.25) is 0 Å². The van der Waals surface area contributed by atoms with Crippen molar-refractivity contribution in [3.8, 4) is 0 Å². The molecule has 4 nitrogen and oxygen atoms in total. The molecular formula is C15H22N2O2. The van der Waals surface area contributed by atoms with Crippen LogP contribution >= 0.6 is 0 Å². The average molecular weight is 262 g/mol. The lowest BCUT2D eigenvalue weighted by molar-refractivity contribution is -0.145. The number of esters is 1. The van der Waals surface area contributed by atoms with Crippen LogP contribution < -0.4 is 10.6 Å². The average Bonchev–Trinajstić information content (AvgIpc) is 2.47. The van der Waals surface area contributed by atoms with Gasteiger partial charge in [0.25, 0.3) is 0 Å². The van der Waals surface area contributed by atoms with Crippen molar-refractivity contribution in [3.05, 3.63) is 29.8 Å². The summed E-state index contributed by atoms with van der Waals surface area (Å²) >= 11 is 0. The normalized spacial score (nSPS) is 19.3. The van der Waals surface area contributed by atoms with Gasteiger partial charge in [0.05, 0.1) is 6.61 Å². The second-order valence-corrected chi connectivity index (χ2v) is 4.83. The Labute approximate surface area is 114 Å². The first kappa shape index (κ1) is 13.9. The highest BCUT2D eigenvalue weighted by atomic mass is 16.5. The molecule has 0 aliphatic carbocycles. The van der Waals surface area contributed by atoms with Gasteiger partial charge in [0.1, 0.15) is 6.04 Å². The molecule has 2 N–H and O–H groups in total. The summed E-state index contributed by atoms with van der Waals surface area (Å²) in [5.41, 5.74) is 7.79. The molecule has 104 valence electrons. The van der Waals surface area contributed by atoms with E-state index >= 15 is 0 Å². The van der Waals surface area contributed by atoms with Gasteiger partial charge in [0.15, 0.2) is 0 Å². The minimum atomic E-state index is -0.141. The maximum Gasteiger partial charge on any atom is 0.328 e. The third kappa shape index (κ3) is 3.26. The number of ether oxygens (including phenoxy) is 1. The van der Waals surface area contributed by atoms with Crippen LogP contribution in [0.3, 0.4) is 0 Å². The van der Waals surface area contributed by atoms with Crippen LogP contribution in [0.5, 0.6) is 0 Å². The SMILES string of the molecule is CCOC(=O)C1CCCCN1c1ccc(CN)cc1. The monoisotopic (exact) mass is 262 g/mol. The van der Waals surface area contributed by atoms with Gasteiger partial charge in [-0.2, -0.15) is 0 Å². The first-order valence-corrected chi connectivity index (χ1v) is 6.98. The largest absolute Gasteiger partial charge is 0.464 e. The topological polar surface area (TPSA) is 55.6 Å². The van der Waals surface area contributed by atoms with Gasteiger partial charge in [0, 0.05) is 18.8 Å². The third-order valence-electron chi connectivity index (χ3n) is 3.57. The molecule has 0 radical (unpaired) electrons. The molecule has 1 saturated heterocycles. The molecule has 0 amide bonds. The van der Waals surface area contributed by atoms with E-state index in [1.54, 1.807) is 0 Å². The summed E-state index contributed by atoms with van der Waals surface area (Å²) in [6, 6.07) is 7.98. The van der Waals surface area contributed by atoms with Crippen LogP contribution in [0, 0.1) is 0 Å². The lowest BCUT2D eigenvalue weighted by atomic mass is 10.0.